The fourth-order valence-electron chi connectivity index (χ4n) is 5.90. The average molecular weight is 655 g/mol. The zero-order chi connectivity index (χ0) is 31.0. The van der Waals surface area contributed by atoms with E-state index in [-0.39, 0.29) is 30.0 Å². The maximum Gasteiger partial charge on any atom is 0.472 e. The number of hydrogen-bond donors (Lipinski definition) is 6. The maximum absolute atomic E-state index is 13.1. The van der Waals surface area contributed by atoms with Gasteiger partial charge in [0.2, 0.25) is 5.95 Å². The summed E-state index contributed by atoms with van der Waals surface area (Å²) in [7, 11) is -9.63. The van der Waals surface area contributed by atoms with Crippen LogP contribution in [0.3, 0.4) is 0 Å². The van der Waals surface area contributed by atoms with E-state index in [1.807, 2.05) is 0 Å². The van der Waals surface area contributed by atoms with E-state index in [0.717, 1.165) is 0 Å². The molecule has 4 aromatic heterocycles. The summed E-state index contributed by atoms with van der Waals surface area (Å²) in [4.78, 5) is 52.5. The van der Waals surface area contributed by atoms with Gasteiger partial charge in [0.15, 0.2) is 16.8 Å². The summed E-state index contributed by atoms with van der Waals surface area (Å²) in [5, 5.41) is 11.2. The van der Waals surface area contributed by atoms with Crippen molar-refractivity contribution in [2.24, 2.45) is 5.92 Å². The van der Waals surface area contributed by atoms with Crippen LogP contribution in [0, 0.1) is 5.92 Å². The Morgan fingerprint density at radius 2 is 1.66 bits per heavy atom. The van der Waals surface area contributed by atoms with E-state index in [1.54, 1.807) is 10.6 Å². The van der Waals surface area contributed by atoms with E-state index < -0.39 is 77.0 Å². The minimum absolute atomic E-state index is 0.00370. The summed E-state index contributed by atoms with van der Waals surface area (Å²) in [5.74, 6) is -1.11. The summed E-state index contributed by atoms with van der Waals surface area (Å²) in [6.45, 7) is -1.11. The molecule has 7 rings (SSSR count). The van der Waals surface area contributed by atoms with Gasteiger partial charge in [0.05, 0.1) is 37.6 Å². The molecule has 3 unspecified atom stereocenters. The lowest BCUT2D eigenvalue weighted by Gasteiger charge is -2.28. The van der Waals surface area contributed by atoms with Crippen molar-refractivity contribution in [3.8, 4) is 0 Å². The molecule has 0 aromatic carbocycles. The number of aliphatic hydroxyl groups excluding tert-OH is 1. The van der Waals surface area contributed by atoms with Gasteiger partial charge in [0.25, 0.3) is 5.56 Å². The number of hydrogen-bond acceptors (Lipinski definition) is 15. The number of imidazole rings is 2. The molecule has 6 heterocycles. The highest BCUT2D eigenvalue weighted by atomic mass is 31.2. The van der Waals surface area contributed by atoms with E-state index >= 15 is 0 Å². The van der Waals surface area contributed by atoms with Gasteiger partial charge in [-0.05, 0) is 12.5 Å². The second kappa shape index (κ2) is 10.7. The van der Waals surface area contributed by atoms with Crippen LogP contribution in [0.4, 0.5) is 11.6 Å². The number of phosphoric acid groups is 2. The molecule has 1 aliphatic carbocycles. The van der Waals surface area contributed by atoms with Gasteiger partial charge in [-0.2, -0.15) is 4.98 Å². The molecular formula is C22H27N9O11P2. The number of nitrogens with zero attached hydrogens (tertiary/aromatic N) is 6. The second-order valence-electron chi connectivity index (χ2n) is 10.7. The zero-order valence-corrected chi connectivity index (χ0v) is 24.3. The molecule has 3 fully saturated rings. The highest BCUT2D eigenvalue weighted by Crippen LogP contribution is 2.55. The molecule has 9 atom stereocenters. The fraction of sp³-hybridized carbons (Fsp3) is 0.500. The Balaban J connectivity index is 1.15. The van der Waals surface area contributed by atoms with Crippen LogP contribution in [0.2, 0.25) is 0 Å². The number of aromatic amines is 1. The number of rotatable bonds is 2. The Morgan fingerprint density at radius 1 is 0.932 bits per heavy atom. The largest absolute Gasteiger partial charge is 0.472 e. The number of phosphoric ester groups is 2. The Kier molecular flexibility index (Phi) is 7.13. The summed E-state index contributed by atoms with van der Waals surface area (Å²) in [5.41, 5.74) is 12.2. The van der Waals surface area contributed by atoms with Crippen molar-refractivity contribution in [1.82, 2.24) is 34.1 Å². The van der Waals surface area contributed by atoms with Crippen LogP contribution in [-0.4, -0.2) is 86.6 Å². The maximum atomic E-state index is 13.1. The molecule has 20 nitrogen and oxygen atoms in total. The first-order chi connectivity index (χ1) is 20.9. The smallest absolute Gasteiger partial charge is 0.397 e. The number of anilines is 2. The molecule has 3 aliphatic rings. The molecule has 8 N–H and O–H groups in total. The van der Waals surface area contributed by atoms with E-state index in [4.69, 9.17) is 34.3 Å². The first-order valence-corrected chi connectivity index (χ1v) is 16.3. The number of nitrogens with two attached hydrogens (primary N) is 2. The number of aliphatic hydroxyl groups is 1. The lowest BCUT2D eigenvalue weighted by molar-refractivity contribution is -0.0585. The topological polar surface area (TPSA) is 287 Å². The van der Waals surface area contributed by atoms with Crippen LogP contribution in [0.1, 0.15) is 25.1 Å². The van der Waals surface area contributed by atoms with Gasteiger partial charge in [-0.3, -0.25) is 32.4 Å². The van der Waals surface area contributed by atoms with Crippen LogP contribution in [0.15, 0.2) is 29.7 Å². The third-order valence-corrected chi connectivity index (χ3v) is 9.91. The zero-order valence-electron chi connectivity index (χ0n) is 22.5. The quantitative estimate of drug-likeness (QED) is 0.154. The first kappa shape index (κ1) is 29.4. The molecule has 0 amide bonds. The van der Waals surface area contributed by atoms with Crippen molar-refractivity contribution in [3.05, 3.63) is 35.3 Å². The molecule has 0 radical (unpaired) electrons. The lowest BCUT2D eigenvalue weighted by atomic mass is 10.1. The van der Waals surface area contributed by atoms with Gasteiger partial charge in [-0.25, -0.2) is 24.1 Å². The highest BCUT2D eigenvalue weighted by molar-refractivity contribution is 7.47. The SMILES string of the molecule is Nc1nc2c(ncn2[C@@H]2C[C@@H]3COP(=O)(O)O[C@@H]4C[C@H](n5cnc6c(N)ccnc65)O[C@@H]4COP(=O)(O)O[C@@H]3C2O)c(=O)[nH]1. The second-order valence-corrected chi connectivity index (χ2v) is 13.5. The van der Waals surface area contributed by atoms with Crippen molar-refractivity contribution in [1.29, 1.82) is 0 Å². The molecule has 236 valence electrons. The van der Waals surface area contributed by atoms with Crippen LogP contribution in [-0.2, 0) is 32.0 Å². The number of nitrogens with one attached hydrogen (secondary N) is 1. The van der Waals surface area contributed by atoms with Gasteiger partial charge in [-0.15, -0.1) is 0 Å². The summed E-state index contributed by atoms with van der Waals surface area (Å²) in [6.07, 6.45) is -1.83. The summed E-state index contributed by atoms with van der Waals surface area (Å²) in [6, 6.07) is 0.671. The number of pyridine rings is 1. The summed E-state index contributed by atoms with van der Waals surface area (Å²) >= 11 is 0. The van der Waals surface area contributed by atoms with Gasteiger partial charge in [-0.1, -0.05) is 0 Å². The molecule has 2 saturated heterocycles. The van der Waals surface area contributed by atoms with E-state index in [1.165, 1.54) is 23.4 Å². The number of fused-ring (bicyclic) bond motifs is 4. The standard InChI is InChI=1S/C22H27N9O11P2/c23-10-1-2-25-19-15(10)26-8-31(19)14-4-12-13(40-14)6-39-44(36,37)42-18-9(5-38-43(34,35)41-12)3-11(17(18)32)30-7-27-16-20(30)28-22(24)29-21(16)33/h1-2,7-9,11-14,17-18,32H,3-6H2,(H2,23,25)(H,34,35)(H,36,37)(H3,24,28,29,33)/t9-,11-,12-,13-,14-,17?,18+/m1/s1. The van der Waals surface area contributed by atoms with Crippen LogP contribution in [0.5, 0.6) is 0 Å². The molecular weight excluding hydrogens is 628 g/mol. The predicted molar refractivity (Wildman–Crippen MR) is 147 cm³/mol. The number of ether oxygens (including phenoxy) is 1. The van der Waals surface area contributed by atoms with Crippen molar-refractivity contribution < 1.29 is 46.9 Å². The highest BCUT2D eigenvalue weighted by Gasteiger charge is 2.51. The Hall–Kier alpha value is -3.29. The van der Waals surface area contributed by atoms with Crippen LogP contribution in [0.25, 0.3) is 22.3 Å². The Bertz CT molecular complexity index is 1900. The van der Waals surface area contributed by atoms with Crippen molar-refractivity contribution in [3.63, 3.8) is 0 Å². The van der Waals surface area contributed by atoms with Gasteiger partial charge in [0.1, 0.15) is 36.2 Å². The van der Waals surface area contributed by atoms with Crippen molar-refractivity contribution in [2.45, 2.75) is 49.5 Å². The minimum Gasteiger partial charge on any atom is -0.397 e. The first-order valence-electron chi connectivity index (χ1n) is 13.3. The van der Waals surface area contributed by atoms with Crippen molar-refractivity contribution >= 4 is 49.6 Å². The fourth-order valence-corrected chi connectivity index (χ4v) is 7.90. The van der Waals surface area contributed by atoms with E-state index in [2.05, 4.69) is 24.9 Å². The average Bonchev–Trinajstić information content (AvgIpc) is 3.72. The van der Waals surface area contributed by atoms with Crippen LogP contribution < -0.4 is 17.0 Å². The third-order valence-electron chi connectivity index (χ3n) is 7.91. The van der Waals surface area contributed by atoms with E-state index in [9.17, 15) is 28.8 Å². The number of nitrogen functional groups attached to an aromatic ring is 2. The summed E-state index contributed by atoms with van der Waals surface area (Å²) < 4.78 is 56.6. The molecule has 4 aromatic rings. The molecule has 22 heteroatoms. The van der Waals surface area contributed by atoms with Gasteiger partial charge < -0.3 is 35.7 Å². The Morgan fingerprint density at radius 3 is 2.48 bits per heavy atom. The molecule has 2 aliphatic heterocycles. The molecule has 1 saturated carbocycles. The monoisotopic (exact) mass is 655 g/mol. The van der Waals surface area contributed by atoms with Crippen molar-refractivity contribution in [2.75, 3.05) is 24.7 Å². The van der Waals surface area contributed by atoms with E-state index in [0.29, 0.717) is 16.9 Å². The molecule has 0 bridgehead atoms. The number of H-pyrrole nitrogens is 1. The Labute approximate surface area is 246 Å². The van der Waals surface area contributed by atoms with Crippen LogP contribution >= 0.6 is 15.6 Å². The van der Waals surface area contributed by atoms with Gasteiger partial charge in [0, 0.05) is 18.5 Å². The number of aromatic nitrogens is 7. The van der Waals surface area contributed by atoms with Gasteiger partial charge >= 0.3 is 15.6 Å². The predicted octanol–water partition coefficient (Wildman–Crippen LogP) is -0.0437. The third kappa shape index (κ3) is 5.22. The minimum atomic E-state index is -4.87. The molecule has 44 heavy (non-hydrogen) atoms. The normalized spacial score (nSPS) is 36.6. The lowest BCUT2D eigenvalue weighted by Crippen LogP contribution is -2.35. The molecule has 0 spiro atoms.